The topological polar surface area (TPSA) is 85.0 Å². The van der Waals surface area contributed by atoms with E-state index in [1.807, 2.05) is 24.3 Å². The van der Waals surface area contributed by atoms with Gasteiger partial charge in [0.05, 0.1) is 11.6 Å². The van der Waals surface area contributed by atoms with Gasteiger partial charge in [0.25, 0.3) is 0 Å². The maximum Gasteiger partial charge on any atom is 0.409 e. The van der Waals surface area contributed by atoms with Gasteiger partial charge in [-0.15, -0.1) is 0 Å². The van der Waals surface area contributed by atoms with E-state index in [1.54, 1.807) is 25.2 Å². The van der Waals surface area contributed by atoms with Crippen molar-refractivity contribution in [3.63, 3.8) is 0 Å². The fraction of sp³-hybridized carbons (Fsp3) is 0.240. The second-order valence-electron chi connectivity index (χ2n) is 7.84. The van der Waals surface area contributed by atoms with Crippen LogP contribution in [0.2, 0.25) is 5.02 Å². The molecule has 0 spiro atoms. The van der Waals surface area contributed by atoms with Gasteiger partial charge in [-0.25, -0.2) is 4.79 Å². The molecule has 0 radical (unpaired) electrons. The van der Waals surface area contributed by atoms with Gasteiger partial charge in [-0.2, -0.15) is 0 Å². The molecule has 1 aliphatic rings. The van der Waals surface area contributed by atoms with E-state index in [1.165, 1.54) is 16.0 Å². The molecule has 4 rings (SSSR count). The van der Waals surface area contributed by atoms with Crippen LogP contribution in [0, 0.1) is 0 Å². The first-order valence-electron chi connectivity index (χ1n) is 10.4. The Kier molecular flexibility index (Phi) is 6.53. The van der Waals surface area contributed by atoms with E-state index >= 15 is 0 Å². The summed E-state index contributed by atoms with van der Waals surface area (Å²) in [5.74, 6) is 0.407. The number of benzene rings is 3. The number of ether oxygens (including phenoxy) is 2. The highest BCUT2D eigenvalue weighted by Crippen LogP contribution is 2.44. The summed E-state index contributed by atoms with van der Waals surface area (Å²) in [4.78, 5) is 13.9. The molecule has 166 valence electrons. The molecule has 6 nitrogen and oxygen atoms in total. The molecule has 0 fully saturated rings. The van der Waals surface area contributed by atoms with Gasteiger partial charge >= 0.3 is 6.09 Å². The first-order valence-corrected chi connectivity index (χ1v) is 10.7. The Labute approximate surface area is 192 Å². The first kappa shape index (κ1) is 22.0. The zero-order valence-corrected chi connectivity index (χ0v) is 18.5. The quantitative estimate of drug-likeness (QED) is 0.514. The van der Waals surface area contributed by atoms with Crippen LogP contribution >= 0.6 is 11.6 Å². The number of likely N-dealkylation sites (N-methyl/N-ethyl adjacent to an activating group) is 1. The van der Waals surface area contributed by atoms with Crippen LogP contribution in [0.5, 0.6) is 5.75 Å². The summed E-state index contributed by atoms with van der Waals surface area (Å²) in [5, 5.41) is 10.6. The Bertz CT molecular complexity index is 1080. The van der Waals surface area contributed by atoms with Gasteiger partial charge in [-0.1, -0.05) is 60.1 Å². The fourth-order valence-corrected chi connectivity index (χ4v) is 4.21. The molecule has 0 heterocycles. The molecule has 3 N–H and O–H groups in total. The van der Waals surface area contributed by atoms with Crippen molar-refractivity contribution in [3.8, 4) is 16.9 Å². The van der Waals surface area contributed by atoms with E-state index in [0.29, 0.717) is 16.5 Å². The molecule has 0 saturated heterocycles. The molecular formula is C25H25ClN2O4. The number of hydrogen-bond donors (Lipinski definition) is 2. The standard InChI is InChI=1S/C25H25ClN2O4/c1-28(13-17(29)14-31-24-11-10-16(27)12-23(24)26)25(30)32-15-22-20-8-4-2-6-18(20)19-7-3-5-9-21(19)22/h2-12,17,22,29H,13-15,27H2,1H3. The summed E-state index contributed by atoms with van der Waals surface area (Å²) in [5.41, 5.74) is 10.8. The van der Waals surface area contributed by atoms with Gasteiger partial charge in [0.15, 0.2) is 0 Å². The van der Waals surface area contributed by atoms with Gasteiger partial charge < -0.3 is 25.2 Å². The molecule has 1 amide bonds. The Morgan fingerprint density at radius 2 is 1.72 bits per heavy atom. The molecule has 1 aliphatic carbocycles. The summed E-state index contributed by atoms with van der Waals surface area (Å²) < 4.78 is 11.1. The lowest BCUT2D eigenvalue weighted by molar-refractivity contribution is 0.0599. The molecule has 1 unspecified atom stereocenters. The van der Waals surface area contributed by atoms with Crippen molar-refractivity contribution in [2.45, 2.75) is 12.0 Å². The van der Waals surface area contributed by atoms with E-state index in [4.69, 9.17) is 26.8 Å². The van der Waals surface area contributed by atoms with E-state index in [2.05, 4.69) is 24.3 Å². The minimum Gasteiger partial charge on any atom is -0.489 e. The first-order chi connectivity index (χ1) is 15.4. The molecule has 0 bridgehead atoms. The number of hydrogen-bond acceptors (Lipinski definition) is 5. The zero-order valence-electron chi connectivity index (χ0n) is 17.7. The van der Waals surface area contributed by atoms with Gasteiger partial charge in [0, 0.05) is 18.7 Å². The summed E-state index contributed by atoms with van der Waals surface area (Å²) >= 11 is 6.07. The summed E-state index contributed by atoms with van der Waals surface area (Å²) in [7, 11) is 1.58. The number of nitrogens with two attached hydrogens (primary N) is 1. The van der Waals surface area contributed by atoms with Crippen molar-refractivity contribution in [1.82, 2.24) is 4.90 Å². The predicted octanol–water partition coefficient (Wildman–Crippen LogP) is 4.54. The van der Waals surface area contributed by atoms with E-state index in [9.17, 15) is 9.90 Å². The smallest absolute Gasteiger partial charge is 0.409 e. The van der Waals surface area contributed by atoms with Gasteiger partial charge in [0.1, 0.15) is 25.1 Å². The Balaban J connectivity index is 1.31. The van der Waals surface area contributed by atoms with Crippen LogP contribution in [-0.4, -0.2) is 49.0 Å². The molecule has 32 heavy (non-hydrogen) atoms. The third-order valence-corrected chi connectivity index (χ3v) is 5.81. The van der Waals surface area contributed by atoms with Crippen LogP contribution in [0.25, 0.3) is 11.1 Å². The van der Waals surface area contributed by atoms with Crippen LogP contribution in [0.4, 0.5) is 10.5 Å². The van der Waals surface area contributed by atoms with Crippen molar-refractivity contribution in [2.24, 2.45) is 0 Å². The number of carbonyl (C=O) groups excluding carboxylic acids is 1. The van der Waals surface area contributed by atoms with Crippen LogP contribution < -0.4 is 10.5 Å². The third kappa shape index (κ3) is 4.66. The minimum absolute atomic E-state index is 0.0133. The highest BCUT2D eigenvalue weighted by molar-refractivity contribution is 6.32. The lowest BCUT2D eigenvalue weighted by Gasteiger charge is -2.22. The maximum absolute atomic E-state index is 12.5. The Hall–Kier alpha value is -3.22. The second kappa shape index (κ2) is 9.51. The number of aliphatic hydroxyl groups excluding tert-OH is 1. The van der Waals surface area contributed by atoms with Gasteiger partial charge in [-0.05, 0) is 40.5 Å². The average molecular weight is 453 g/mol. The number of amides is 1. The summed E-state index contributed by atoms with van der Waals surface area (Å²) in [6.07, 6.45) is -1.41. The average Bonchev–Trinajstić information content (AvgIpc) is 3.10. The number of nitrogen functional groups attached to an aromatic ring is 1. The molecular weight excluding hydrogens is 428 g/mol. The number of rotatable bonds is 7. The molecule has 0 aromatic heterocycles. The maximum atomic E-state index is 12.5. The van der Waals surface area contributed by atoms with Crippen molar-refractivity contribution in [3.05, 3.63) is 82.9 Å². The molecule has 3 aromatic rings. The number of anilines is 1. The Morgan fingerprint density at radius 1 is 1.09 bits per heavy atom. The minimum atomic E-state index is -0.908. The number of nitrogens with zero attached hydrogens (tertiary/aromatic N) is 1. The van der Waals surface area contributed by atoms with Crippen LogP contribution in [0.1, 0.15) is 17.0 Å². The summed E-state index contributed by atoms with van der Waals surface area (Å²) in [6.45, 7) is 0.263. The molecule has 7 heteroatoms. The monoisotopic (exact) mass is 452 g/mol. The predicted molar refractivity (Wildman–Crippen MR) is 125 cm³/mol. The highest BCUT2D eigenvalue weighted by Gasteiger charge is 2.29. The molecule has 1 atom stereocenters. The van der Waals surface area contributed by atoms with Crippen LogP contribution in [0.3, 0.4) is 0 Å². The zero-order chi connectivity index (χ0) is 22.7. The van der Waals surface area contributed by atoms with Gasteiger partial charge in [0.2, 0.25) is 0 Å². The van der Waals surface area contributed by atoms with Crippen LogP contribution in [0.15, 0.2) is 66.7 Å². The number of fused-ring (bicyclic) bond motifs is 3. The molecule has 0 saturated carbocycles. The van der Waals surface area contributed by atoms with Crippen molar-refractivity contribution < 1.29 is 19.4 Å². The molecule has 0 aliphatic heterocycles. The highest BCUT2D eigenvalue weighted by atomic mass is 35.5. The number of carbonyl (C=O) groups is 1. The fourth-order valence-electron chi connectivity index (χ4n) is 3.97. The van der Waals surface area contributed by atoms with Crippen molar-refractivity contribution in [1.29, 1.82) is 0 Å². The molecule has 3 aromatic carbocycles. The second-order valence-corrected chi connectivity index (χ2v) is 8.25. The van der Waals surface area contributed by atoms with E-state index in [0.717, 1.165) is 11.1 Å². The van der Waals surface area contributed by atoms with Crippen LogP contribution in [-0.2, 0) is 4.74 Å². The Morgan fingerprint density at radius 3 is 2.34 bits per heavy atom. The van der Waals surface area contributed by atoms with Crippen molar-refractivity contribution >= 4 is 23.4 Å². The largest absolute Gasteiger partial charge is 0.489 e. The third-order valence-electron chi connectivity index (χ3n) is 5.52. The lowest BCUT2D eigenvalue weighted by Crippen LogP contribution is -2.37. The van der Waals surface area contributed by atoms with Crippen molar-refractivity contribution in [2.75, 3.05) is 32.5 Å². The number of halogens is 1. The number of aliphatic hydroxyl groups is 1. The van der Waals surface area contributed by atoms with Gasteiger partial charge in [-0.3, -0.25) is 0 Å². The summed E-state index contributed by atoms with van der Waals surface area (Å²) in [6, 6.07) is 21.2. The van der Waals surface area contributed by atoms with E-state index < -0.39 is 12.2 Å². The lowest BCUT2D eigenvalue weighted by atomic mass is 9.98. The normalized spacial score (nSPS) is 13.2. The van der Waals surface area contributed by atoms with E-state index in [-0.39, 0.29) is 25.7 Å². The SMILES string of the molecule is CN(CC(O)COc1ccc(N)cc1Cl)C(=O)OCC1c2ccccc2-c2ccccc21.